The number of aryl methyl sites for hydroxylation is 3. The van der Waals surface area contributed by atoms with Crippen molar-refractivity contribution in [2.75, 3.05) is 13.1 Å². The van der Waals surface area contributed by atoms with Crippen molar-refractivity contribution in [2.24, 2.45) is 5.92 Å². The van der Waals surface area contributed by atoms with Crippen LogP contribution in [0.1, 0.15) is 50.9 Å². The Kier molecular flexibility index (Phi) is 4.77. The van der Waals surface area contributed by atoms with Gasteiger partial charge in [-0.2, -0.15) is 5.10 Å². The smallest absolute Gasteiger partial charge is 0.255 e. The van der Waals surface area contributed by atoms with Crippen LogP contribution in [0.15, 0.2) is 35.0 Å². The van der Waals surface area contributed by atoms with Crippen molar-refractivity contribution in [3.8, 4) is 11.5 Å². The summed E-state index contributed by atoms with van der Waals surface area (Å²) in [5.74, 6) is 2.37. The van der Waals surface area contributed by atoms with Gasteiger partial charge in [0.1, 0.15) is 22.6 Å². The van der Waals surface area contributed by atoms with E-state index in [1.807, 2.05) is 30.9 Å². The summed E-state index contributed by atoms with van der Waals surface area (Å²) in [5, 5.41) is 5.17. The molecule has 1 fully saturated rings. The molecule has 164 valence electrons. The molecule has 4 heterocycles. The van der Waals surface area contributed by atoms with Crippen LogP contribution >= 0.6 is 0 Å². The molecular weight excluding hydrogens is 406 g/mol. The van der Waals surface area contributed by atoms with E-state index in [2.05, 4.69) is 12.0 Å². The third-order valence-corrected chi connectivity index (χ3v) is 6.45. The molecule has 7 heteroatoms. The molecule has 0 bridgehead atoms. The van der Waals surface area contributed by atoms with Gasteiger partial charge in [-0.1, -0.05) is 6.92 Å². The number of carbonyl (C=O) groups is 2. The lowest BCUT2D eigenvalue weighted by molar-refractivity contribution is 0.0787. The Morgan fingerprint density at radius 2 is 2.00 bits per heavy atom. The third-order valence-electron chi connectivity index (χ3n) is 6.45. The molecule has 1 amide bonds. The minimum absolute atomic E-state index is 0.0355. The summed E-state index contributed by atoms with van der Waals surface area (Å²) >= 11 is 0. The number of aromatic nitrogens is 2. The molecule has 1 saturated heterocycles. The molecule has 3 aromatic heterocycles. The van der Waals surface area contributed by atoms with Crippen LogP contribution in [0.5, 0.6) is 11.5 Å². The monoisotopic (exact) mass is 431 g/mol. The summed E-state index contributed by atoms with van der Waals surface area (Å²) in [4.78, 5) is 26.4. The molecule has 0 spiro atoms. The number of carbonyl (C=O) groups excluding carboxylic acids is 2. The van der Waals surface area contributed by atoms with E-state index in [1.165, 1.54) is 0 Å². The summed E-state index contributed by atoms with van der Waals surface area (Å²) in [5.41, 5.74) is 4.24. The molecule has 4 aromatic rings. The van der Waals surface area contributed by atoms with Crippen molar-refractivity contribution in [2.45, 2.75) is 34.1 Å². The minimum Gasteiger partial charge on any atom is -0.460 e. The largest absolute Gasteiger partial charge is 0.460 e. The van der Waals surface area contributed by atoms with E-state index in [1.54, 1.807) is 29.9 Å². The number of aldehydes is 1. The minimum atomic E-state index is 0.0355. The average molecular weight is 431 g/mol. The van der Waals surface area contributed by atoms with Crippen LogP contribution in [0, 0.1) is 26.7 Å². The Balaban J connectivity index is 1.55. The van der Waals surface area contributed by atoms with E-state index < -0.39 is 0 Å². The summed E-state index contributed by atoms with van der Waals surface area (Å²) in [7, 11) is 0. The quantitative estimate of drug-likeness (QED) is 0.421. The second-order valence-corrected chi connectivity index (χ2v) is 8.66. The number of hydrogen-bond acceptors (Lipinski definition) is 5. The molecule has 32 heavy (non-hydrogen) atoms. The standard InChI is InChI=1S/C25H25N3O4/c1-14-8-10-27(11-14)25(30)19-12-28-23(15(19)2)22(7-9-26-28)32-21-6-5-18-20(13-29)17(4)31-24(18)16(21)3/h5-7,9,12-14H,8,10-11H2,1-4H3. The van der Waals surface area contributed by atoms with E-state index in [9.17, 15) is 9.59 Å². The number of hydrogen-bond donors (Lipinski definition) is 0. The maximum Gasteiger partial charge on any atom is 0.255 e. The van der Waals surface area contributed by atoms with Gasteiger partial charge in [-0.05, 0) is 50.8 Å². The van der Waals surface area contributed by atoms with Gasteiger partial charge in [-0.3, -0.25) is 9.59 Å². The summed E-state index contributed by atoms with van der Waals surface area (Å²) in [6, 6.07) is 5.47. The highest BCUT2D eigenvalue weighted by molar-refractivity contribution is 6.00. The van der Waals surface area contributed by atoms with E-state index >= 15 is 0 Å². The Bertz CT molecular complexity index is 1380. The average Bonchev–Trinajstić information content (AvgIpc) is 3.45. The predicted octanol–water partition coefficient (Wildman–Crippen LogP) is 5.09. The third kappa shape index (κ3) is 3.07. The number of benzene rings is 1. The zero-order valence-corrected chi connectivity index (χ0v) is 18.6. The normalized spacial score (nSPS) is 16.2. The number of fused-ring (bicyclic) bond motifs is 2. The van der Waals surface area contributed by atoms with Crippen LogP contribution < -0.4 is 4.74 Å². The molecule has 1 aliphatic rings. The number of likely N-dealkylation sites (tertiary alicyclic amines) is 1. The first kappa shape index (κ1) is 20.3. The van der Waals surface area contributed by atoms with Crippen LogP contribution in [0.25, 0.3) is 16.5 Å². The predicted molar refractivity (Wildman–Crippen MR) is 121 cm³/mol. The molecule has 1 unspecified atom stereocenters. The van der Waals surface area contributed by atoms with Crippen LogP contribution in [0.3, 0.4) is 0 Å². The second kappa shape index (κ2) is 7.51. The van der Waals surface area contributed by atoms with E-state index in [-0.39, 0.29) is 5.91 Å². The molecule has 1 aliphatic heterocycles. The lowest BCUT2D eigenvalue weighted by Gasteiger charge is -2.15. The Hall–Kier alpha value is -3.61. The maximum atomic E-state index is 13.1. The second-order valence-electron chi connectivity index (χ2n) is 8.66. The molecule has 0 N–H and O–H groups in total. The van der Waals surface area contributed by atoms with Gasteiger partial charge in [-0.15, -0.1) is 0 Å². The highest BCUT2D eigenvalue weighted by Crippen LogP contribution is 2.37. The zero-order chi connectivity index (χ0) is 22.6. The van der Waals surface area contributed by atoms with Crippen molar-refractivity contribution in [1.82, 2.24) is 14.5 Å². The highest BCUT2D eigenvalue weighted by Gasteiger charge is 2.27. The molecule has 0 saturated carbocycles. The molecule has 5 rings (SSSR count). The first-order chi connectivity index (χ1) is 15.4. The van der Waals surface area contributed by atoms with Crippen molar-refractivity contribution in [3.05, 3.63) is 58.6 Å². The van der Waals surface area contributed by atoms with Gasteiger partial charge < -0.3 is 14.1 Å². The molecule has 0 radical (unpaired) electrons. The number of amides is 1. The molecule has 0 aliphatic carbocycles. The molecule has 7 nitrogen and oxygen atoms in total. The van der Waals surface area contributed by atoms with Crippen molar-refractivity contribution in [1.29, 1.82) is 0 Å². The maximum absolute atomic E-state index is 13.1. The van der Waals surface area contributed by atoms with E-state index in [0.29, 0.717) is 39.9 Å². The Morgan fingerprint density at radius 1 is 1.19 bits per heavy atom. The van der Waals surface area contributed by atoms with Gasteiger partial charge in [-0.25, -0.2) is 4.52 Å². The van der Waals surface area contributed by atoms with Crippen molar-refractivity contribution < 1.29 is 18.7 Å². The number of rotatable bonds is 4. The van der Waals surface area contributed by atoms with Gasteiger partial charge in [0.05, 0.1) is 17.3 Å². The Morgan fingerprint density at radius 3 is 2.72 bits per heavy atom. The van der Waals surface area contributed by atoms with E-state index in [0.717, 1.165) is 47.8 Å². The first-order valence-electron chi connectivity index (χ1n) is 10.8. The fourth-order valence-corrected chi connectivity index (χ4v) is 4.60. The number of ether oxygens (including phenoxy) is 1. The summed E-state index contributed by atoms with van der Waals surface area (Å²) < 4.78 is 13.8. The number of furan rings is 1. The summed E-state index contributed by atoms with van der Waals surface area (Å²) in [6.07, 6.45) is 5.29. The van der Waals surface area contributed by atoms with Crippen LogP contribution in [0.4, 0.5) is 0 Å². The number of nitrogens with zero attached hydrogens (tertiary/aromatic N) is 3. The van der Waals surface area contributed by atoms with Crippen molar-refractivity contribution >= 4 is 28.7 Å². The van der Waals surface area contributed by atoms with Gasteiger partial charge in [0.25, 0.3) is 5.91 Å². The zero-order valence-electron chi connectivity index (χ0n) is 18.6. The van der Waals surface area contributed by atoms with Crippen LogP contribution in [-0.4, -0.2) is 39.8 Å². The SMILES string of the molecule is Cc1oc2c(C)c(Oc3ccnn4cc(C(=O)N5CCC(C)C5)c(C)c34)ccc2c1C=O. The fourth-order valence-electron chi connectivity index (χ4n) is 4.60. The van der Waals surface area contributed by atoms with Gasteiger partial charge in [0.15, 0.2) is 12.0 Å². The lowest BCUT2D eigenvalue weighted by Crippen LogP contribution is -2.28. The lowest BCUT2D eigenvalue weighted by atomic mass is 10.1. The Labute approximate surface area is 185 Å². The molecule has 1 aromatic carbocycles. The van der Waals surface area contributed by atoms with Gasteiger partial charge >= 0.3 is 0 Å². The van der Waals surface area contributed by atoms with Crippen LogP contribution in [0.2, 0.25) is 0 Å². The summed E-state index contributed by atoms with van der Waals surface area (Å²) in [6.45, 7) is 9.35. The van der Waals surface area contributed by atoms with Gasteiger partial charge in [0.2, 0.25) is 0 Å². The highest BCUT2D eigenvalue weighted by atomic mass is 16.5. The van der Waals surface area contributed by atoms with Crippen molar-refractivity contribution in [3.63, 3.8) is 0 Å². The molecule has 1 atom stereocenters. The van der Waals surface area contributed by atoms with Gasteiger partial charge in [0, 0.05) is 36.3 Å². The van der Waals surface area contributed by atoms with Crippen LogP contribution in [-0.2, 0) is 0 Å². The molecular formula is C25H25N3O4. The topological polar surface area (TPSA) is 77.1 Å². The van der Waals surface area contributed by atoms with E-state index in [4.69, 9.17) is 9.15 Å². The first-order valence-corrected chi connectivity index (χ1v) is 10.8. The fraction of sp³-hybridized carbons (Fsp3) is 0.320.